The molecule has 2 amide bonds. The Kier molecular flexibility index (Phi) is 7.63. The largest absolute Gasteiger partial charge is 0.344 e. The molecule has 0 spiro atoms. The summed E-state index contributed by atoms with van der Waals surface area (Å²) in [5.74, 6) is -0.675. The highest BCUT2D eigenvalue weighted by Crippen LogP contribution is 2.23. The fourth-order valence-electron chi connectivity index (χ4n) is 3.35. The normalized spacial score (nSPS) is 12.2. The van der Waals surface area contributed by atoms with Crippen molar-refractivity contribution in [2.75, 3.05) is 18.9 Å². The molecule has 3 rings (SSSR count). The van der Waals surface area contributed by atoms with Crippen LogP contribution in [0.3, 0.4) is 0 Å². The van der Waals surface area contributed by atoms with Crippen LogP contribution in [0.4, 0.5) is 5.69 Å². The Balaban J connectivity index is 1.75. The summed E-state index contributed by atoms with van der Waals surface area (Å²) >= 11 is 0. The first-order valence-corrected chi connectivity index (χ1v) is 11.9. The average molecular weight is 466 g/mol. The number of anilines is 1. The number of carbonyl (C=O) groups excluding carboxylic acids is 2. The van der Waals surface area contributed by atoms with Gasteiger partial charge in [0, 0.05) is 19.7 Å². The van der Waals surface area contributed by atoms with Crippen molar-refractivity contribution < 1.29 is 18.0 Å². The zero-order valence-corrected chi connectivity index (χ0v) is 19.6. The molecule has 0 aliphatic carbocycles. The van der Waals surface area contributed by atoms with Gasteiger partial charge in [-0.1, -0.05) is 60.2 Å². The van der Waals surface area contributed by atoms with Crippen LogP contribution in [-0.4, -0.2) is 38.1 Å². The molecule has 0 heterocycles. The molecular formula is C25H27N3O4S. The molecule has 33 heavy (non-hydrogen) atoms. The molecule has 0 fully saturated rings. The summed E-state index contributed by atoms with van der Waals surface area (Å²) in [7, 11) is -2.53. The molecule has 7 nitrogen and oxygen atoms in total. The summed E-state index contributed by atoms with van der Waals surface area (Å²) in [6, 6.07) is 22.8. The second-order valence-corrected chi connectivity index (χ2v) is 9.83. The molecule has 0 unspecified atom stereocenters. The van der Waals surface area contributed by atoms with Gasteiger partial charge in [-0.05, 0) is 42.3 Å². The monoisotopic (exact) mass is 465 g/mol. The van der Waals surface area contributed by atoms with Crippen molar-refractivity contribution in [3.05, 3.63) is 95.6 Å². The van der Waals surface area contributed by atoms with Gasteiger partial charge in [-0.25, -0.2) is 8.42 Å². The summed E-state index contributed by atoms with van der Waals surface area (Å²) in [4.78, 5) is 24.1. The van der Waals surface area contributed by atoms with Gasteiger partial charge in [0.1, 0.15) is 0 Å². The van der Waals surface area contributed by atoms with Crippen molar-refractivity contribution in [1.82, 2.24) is 9.62 Å². The SMILES string of the molecule is CC(=O)Nc1ccc(S(=O)(=O)N(C)CC(=O)N[C@@H](c2ccccc2)c2ccc(C)cc2)cc1. The first-order chi connectivity index (χ1) is 15.7. The molecule has 172 valence electrons. The topological polar surface area (TPSA) is 95.6 Å². The van der Waals surface area contributed by atoms with E-state index in [4.69, 9.17) is 0 Å². The Labute approximate surface area is 194 Å². The number of nitrogens with zero attached hydrogens (tertiary/aromatic N) is 1. The number of aryl methyl sites for hydroxylation is 1. The van der Waals surface area contributed by atoms with E-state index in [2.05, 4.69) is 10.6 Å². The molecule has 3 aromatic rings. The lowest BCUT2D eigenvalue weighted by atomic mass is 9.98. The van der Waals surface area contributed by atoms with Gasteiger partial charge in [-0.15, -0.1) is 0 Å². The van der Waals surface area contributed by atoms with E-state index in [0.29, 0.717) is 5.69 Å². The molecule has 0 saturated carbocycles. The van der Waals surface area contributed by atoms with E-state index in [9.17, 15) is 18.0 Å². The van der Waals surface area contributed by atoms with Gasteiger partial charge >= 0.3 is 0 Å². The predicted molar refractivity (Wildman–Crippen MR) is 128 cm³/mol. The van der Waals surface area contributed by atoms with Crippen molar-refractivity contribution in [2.24, 2.45) is 0 Å². The third-order valence-electron chi connectivity index (χ3n) is 5.10. The third kappa shape index (κ3) is 6.27. The summed E-state index contributed by atoms with van der Waals surface area (Å²) in [6.07, 6.45) is 0. The lowest BCUT2D eigenvalue weighted by Crippen LogP contribution is -2.40. The number of sulfonamides is 1. The Morgan fingerprint density at radius 3 is 2.03 bits per heavy atom. The molecule has 0 aliphatic heterocycles. The van der Waals surface area contributed by atoms with Crippen molar-refractivity contribution in [3.8, 4) is 0 Å². The Morgan fingerprint density at radius 1 is 0.879 bits per heavy atom. The fraction of sp³-hybridized carbons (Fsp3) is 0.200. The first-order valence-electron chi connectivity index (χ1n) is 10.4. The standard InChI is InChI=1S/C25H27N3O4S/c1-18-9-11-21(12-10-18)25(20-7-5-4-6-8-20)27-24(30)17-28(3)33(31,32)23-15-13-22(14-16-23)26-19(2)29/h4-16,25H,17H2,1-3H3,(H,26,29)(H,27,30)/t25-/m0/s1. The smallest absolute Gasteiger partial charge is 0.243 e. The number of likely N-dealkylation sites (N-methyl/N-ethyl adjacent to an activating group) is 1. The zero-order valence-electron chi connectivity index (χ0n) is 18.8. The minimum Gasteiger partial charge on any atom is -0.344 e. The average Bonchev–Trinajstić information content (AvgIpc) is 2.78. The highest BCUT2D eigenvalue weighted by molar-refractivity contribution is 7.89. The Bertz CT molecular complexity index is 1210. The van der Waals surface area contributed by atoms with Gasteiger partial charge in [-0.3, -0.25) is 9.59 Å². The Morgan fingerprint density at radius 2 is 1.45 bits per heavy atom. The van der Waals surface area contributed by atoms with E-state index in [-0.39, 0.29) is 17.3 Å². The van der Waals surface area contributed by atoms with E-state index in [1.54, 1.807) is 0 Å². The van der Waals surface area contributed by atoms with Gasteiger partial charge < -0.3 is 10.6 Å². The van der Waals surface area contributed by atoms with Crippen LogP contribution < -0.4 is 10.6 Å². The maximum absolute atomic E-state index is 12.9. The molecule has 0 aromatic heterocycles. The third-order valence-corrected chi connectivity index (χ3v) is 6.92. The van der Waals surface area contributed by atoms with E-state index in [1.165, 1.54) is 38.2 Å². The van der Waals surface area contributed by atoms with Crippen LogP contribution in [0.1, 0.15) is 29.7 Å². The van der Waals surface area contributed by atoms with Crippen LogP contribution in [0, 0.1) is 6.92 Å². The second-order valence-electron chi connectivity index (χ2n) is 7.79. The maximum atomic E-state index is 12.9. The minimum absolute atomic E-state index is 0.0324. The van der Waals surface area contributed by atoms with Crippen molar-refractivity contribution in [3.63, 3.8) is 0 Å². The van der Waals surface area contributed by atoms with Gasteiger partial charge in [0.15, 0.2) is 0 Å². The van der Waals surface area contributed by atoms with Gasteiger partial charge in [0.2, 0.25) is 21.8 Å². The van der Waals surface area contributed by atoms with E-state index in [1.807, 2.05) is 61.5 Å². The number of hydrogen-bond acceptors (Lipinski definition) is 4. The number of carbonyl (C=O) groups is 2. The number of rotatable bonds is 8. The molecule has 0 bridgehead atoms. The van der Waals surface area contributed by atoms with E-state index in [0.717, 1.165) is 21.0 Å². The van der Waals surface area contributed by atoms with Gasteiger partial charge in [-0.2, -0.15) is 4.31 Å². The minimum atomic E-state index is -3.89. The number of hydrogen-bond donors (Lipinski definition) is 2. The molecule has 3 aromatic carbocycles. The van der Waals surface area contributed by atoms with Gasteiger partial charge in [0.25, 0.3) is 0 Å². The van der Waals surface area contributed by atoms with Crippen molar-refractivity contribution in [2.45, 2.75) is 24.8 Å². The maximum Gasteiger partial charge on any atom is 0.243 e. The molecule has 0 radical (unpaired) electrons. The number of benzene rings is 3. The van der Waals surface area contributed by atoms with E-state index < -0.39 is 22.0 Å². The lowest BCUT2D eigenvalue weighted by Gasteiger charge is -2.22. The van der Waals surface area contributed by atoms with Crippen LogP contribution >= 0.6 is 0 Å². The quantitative estimate of drug-likeness (QED) is 0.532. The molecule has 2 N–H and O–H groups in total. The summed E-state index contributed by atoms with van der Waals surface area (Å²) in [6.45, 7) is 3.02. The molecule has 1 atom stereocenters. The van der Waals surface area contributed by atoms with Crippen LogP contribution in [0.5, 0.6) is 0 Å². The highest BCUT2D eigenvalue weighted by Gasteiger charge is 2.25. The fourth-order valence-corrected chi connectivity index (χ4v) is 4.48. The second kappa shape index (κ2) is 10.4. The first kappa shape index (κ1) is 24.2. The summed E-state index contributed by atoms with van der Waals surface area (Å²) in [5, 5.41) is 5.55. The highest BCUT2D eigenvalue weighted by atomic mass is 32.2. The number of amides is 2. The van der Waals surface area contributed by atoms with Gasteiger partial charge in [0.05, 0.1) is 17.5 Å². The molecular weight excluding hydrogens is 438 g/mol. The summed E-state index contributed by atoms with van der Waals surface area (Å²) < 4.78 is 26.9. The Hall–Kier alpha value is -3.49. The molecule has 0 aliphatic rings. The molecule has 8 heteroatoms. The van der Waals surface area contributed by atoms with Crippen molar-refractivity contribution in [1.29, 1.82) is 0 Å². The van der Waals surface area contributed by atoms with Crippen LogP contribution in [0.2, 0.25) is 0 Å². The lowest BCUT2D eigenvalue weighted by molar-refractivity contribution is -0.121. The predicted octanol–water partition coefficient (Wildman–Crippen LogP) is 3.48. The number of nitrogens with one attached hydrogen (secondary N) is 2. The van der Waals surface area contributed by atoms with Crippen LogP contribution in [0.25, 0.3) is 0 Å². The molecule has 0 saturated heterocycles. The van der Waals surface area contributed by atoms with Crippen molar-refractivity contribution >= 4 is 27.5 Å². The zero-order chi connectivity index (χ0) is 24.0. The van der Waals surface area contributed by atoms with Crippen LogP contribution in [-0.2, 0) is 19.6 Å². The van der Waals surface area contributed by atoms with E-state index >= 15 is 0 Å². The summed E-state index contributed by atoms with van der Waals surface area (Å²) in [5.41, 5.74) is 3.39. The van der Waals surface area contributed by atoms with Crippen LogP contribution in [0.15, 0.2) is 83.8 Å².